The van der Waals surface area contributed by atoms with Crippen molar-refractivity contribution in [2.75, 3.05) is 0 Å². The Labute approximate surface area is 115 Å². The number of fused-ring (bicyclic) bond motifs is 1. The average molecular weight is 258 g/mol. The quantitative estimate of drug-likeness (QED) is 0.660. The first-order chi connectivity index (χ1) is 9.26. The molecule has 0 saturated heterocycles. The first-order valence-corrected chi connectivity index (χ1v) is 7.66. The van der Waals surface area contributed by atoms with E-state index in [2.05, 4.69) is 12.7 Å². The minimum Gasteiger partial charge on any atom is -0.207 e. The zero-order valence-corrected chi connectivity index (χ0v) is 11.6. The monoisotopic (exact) mass is 258 g/mol. The largest absolute Gasteiger partial charge is 0.207 e. The highest BCUT2D eigenvalue weighted by Crippen LogP contribution is 2.39. The maximum Gasteiger partial charge on any atom is 0.123 e. The zero-order valence-electron chi connectivity index (χ0n) is 11.6. The molecule has 19 heavy (non-hydrogen) atoms. The summed E-state index contributed by atoms with van der Waals surface area (Å²) < 4.78 is 13.3. The second kappa shape index (κ2) is 5.48. The van der Waals surface area contributed by atoms with E-state index >= 15 is 0 Å². The topological polar surface area (TPSA) is 0 Å². The van der Waals surface area contributed by atoms with Crippen LogP contribution in [-0.4, -0.2) is 0 Å². The van der Waals surface area contributed by atoms with Crippen molar-refractivity contribution in [1.82, 2.24) is 0 Å². The highest BCUT2D eigenvalue weighted by molar-refractivity contribution is 5.30. The van der Waals surface area contributed by atoms with Gasteiger partial charge < -0.3 is 0 Å². The number of halogens is 1. The standard InChI is InChI=1S/C18H23F/c1-2-13-3-5-14(6-4-13)16-8-7-15-9-10-18(19)12-17(15)11-16/h2,9-10,12-14,16H,1,3-8,11H2. The number of aryl methyl sites for hydroxylation is 1. The van der Waals surface area contributed by atoms with Gasteiger partial charge in [0.25, 0.3) is 0 Å². The summed E-state index contributed by atoms with van der Waals surface area (Å²) in [7, 11) is 0. The van der Waals surface area contributed by atoms with Crippen molar-refractivity contribution in [2.24, 2.45) is 17.8 Å². The van der Waals surface area contributed by atoms with Crippen LogP contribution >= 0.6 is 0 Å². The van der Waals surface area contributed by atoms with E-state index in [4.69, 9.17) is 0 Å². The van der Waals surface area contributed by atoms with E-state index in [0.717, 1.165) is 30.6 Å². The smallest absolute Gasteiger partial charge is 0.123 e. The predicted molar refractivity (Wildman–Crippen MR) is 77.6 cm³/mol. The Hall–Kier alpha value is -1.11. The summed E-state index contributed by atoms with van der Waals surface area (Å²) in [6.45, 7) is 3.92. The van der Waals surface area contributed by atoms with Crippen molar-refractivity contribution in [3.05, 3.63) is 47.8 Å². The van der Waals surface area contributed by atoms with Gasteiger partial charge in [0, 0.05) is 0 Å². The van der Waals surface area contributed by atoms with E-state index in [1.807, 2.05) is 6.07 Å². The molecule has 0 aromatic heterocycles. The summed E-state index contributed by atoms with van der Waals surface area (Å²) in [5.74, 6) is 2.30. The van der Waals surface area contributed by atoms with Gasteiger partial charge in [0.2, 0.25) is 0 Å². The molecule has 0 radical (unpaired) electrons. The van der Waals surface area contributed by atoms with Gasteiger partial charge in [0.05, 0.1) is 0 Å². The van der Waals surface area contributed by atoms with Gasteiger partial charge in [0.15, 0.2) is 0 Å². The van der Waals surface area contributed by atoms with Gasteiger partial charge in [-0.05, 0) is 86.0 Å². The average Bonchev–Trinajstić information content (AvgIpc) is 2.46. The molecule has 1 heteroatoms. The highest BCUT2D eigenvalue weighted by Gasteiger charge is 2.29. The second-order valence-corrected chi connectivity index (χ2v) is 6.33. The summed E-state index contributed by atoms with van der Waals surface area (Å²) >= 11 is 0. The van der Waals surface area contributed by atoms with Crippen LogP contribution in [0, 0.1) is 23.6 Å². The highest BCUT2D eigenvalue weighted by atomic mass is 19.1. The third kappa shape index (κ3) is 2.75. The Kier molecular flexibility index (Phi) is 3.72. The fourth-order valence-electron chi connectivity index (χ4n) is 4.01. The molecule has 0 nitrogen and oxygen atoms in total. The lowest BCUT2D eigenvalue weighted by Crippen LogP contribution is -2.26. The molecule has 2 aliphatic carbocycles. The number of hydrogen-bond acceptors (Lipinski definition) is 0. The van der Waals surface area contributed by atoms with Gasteiger partial charge in [-0.25, -0.2) is 4.39 Å². The van der Waals surface area contributed by atoms with E-state index in [1.165, 1.54) is 43.2 Å². The Morgan fingerprint density at radius 2 is 1.79 bits per heavy atom. The van der Waals surface area contributed by atoms with Crippen molar-refractivity contribution < 1.29 is 4.39 Å². The molecule has 0 spiro atoms. The molecule has 1 unspecified atom stereocenters. The number of benzene rings is 1. The molecule has 0 N–H and O–H groups in total. The van der Waals surface area contributed by atoms with Crippen LogP contribution in [0.4, 0.5) is 4.39 Å². The fraction of sp³-hybridized carbons (Fsp3) is 0.556. The molecule has 0 heterocycles. The van der Waals surface area contributed by atoms with Crippen molar-refractivity contribution in [3.8, 4) is 0 Å². The maximum atomic E-state index is 13.3. The lowest BCUT2D eigenvalue weighted by Gasteiger charge is -2.35. The minimum absolute atomic E-state index is 0.0743. The van der Waals surface area contributed by atoms with E-state index in [1.54, 1.807) is 12.1 Å². The third-order valence-electron chi connectivity index (χ3n) is 5.25. The van der Waals surface area contributed by atoms with Crippen molar-refractivity contribution in [3.63, 3.8) is 0 Å². The summed E-state index contributed by atoms with van der Waals surface area (Å²) in [5, 5.41) is 0. The molecule has 1 aromatic carbocycles. The molecule has 102 valence electrons. The van der Waals surface area contributed by atoms with Crippen LogP contribution in [0.25, 0.3) is 0 Å². The van der Waals surface area contributed by atoms with Gasteiger partial charge in [-0.3, -0.25) is 0 Å². The molecule has 1 aromatic rings. The van der Waals surface area contributed by atoms with Gasteiger partial charge >= 0.3 is 0 Å². The van der Waals surface area contributed by atoms with Crippen molar-refractivity contribution in [2.45, 2.75) is 44.9 Å². The van der Waals surface area contributed by atoms with Crippen LogP contribution in [0.3, 0.4) is 0 Å². The van der Waals surface area contributed by atoms with E-state index in [9.17, 15) is 4.39 Å². The Morgan fingerprint density at radius 3 is 2.53 bits per heavy atom. The van der Waals surface area contributed by atoms with E-state index < -0.39 is 0 Å². The van der Waals surface area contributed by atoms with Crippen LogP contribution in [0.5, 0.6) is 0 Å². The van der Waals surface area contributed by atoms with Crippen LogP contribution in [0.1, 0.15) is 43.2 Å². The maximum absolute atomic E-state index is 13.3. The normalized spacial score (nSPS) is 30.7. The molecular weight excluding hydrogens is 235 g/mol. The van der Waals surface area contributed by atoms with Crippen LogP contribution in [0.15, 0.2) is 30.9 Å². The second-order valence-electron chi connectivity index (χ2n) is 6.33. The summed E-state index contributed by atoms with van der Waals surface area (Å²) in [4.78, 5) is 0. The van der Waals surface area contributed by atoms with Gasteiger partial charge in [0.1, 0.15) is 5.82 Å². The molecule has 1 saturated carbocycles. The molecule has 1 atom stereocenters. The molecule has 2 aliphatic rings. The molecule has 1 fully saturated rings. The summed E-state index contributed by atoms with van der Waals surface area (Å²) in [5.41, 5.74) is 2.64. The molecule has 0 amide bonds. The number of rotatable bonds is 2. The van der Waals surface area contributed by atoms with E-state index in [0.29, 0.717) is 0 Å². The minimum atomic E-state index is -0.0743. The first-order valence-electron chi connectivity index (χ1n) is 7.66. The Balaban J connectivity index is 1.67. The lowest BCUT2D eigenvalue weighted by molar-refractivity contribution is 0.206. The number of allylic oxidation sites excluding steroid dienone is 1. The lowest BCUT2D eigenvalue weighted by atomic mass is 9.70. The van der Waals surface area contributed by atoms with E-state index in [-0.39, 0.29) is 5.82 Å². The predicted octanol–water partition coefficient (Wildman–Crippen LogP) is 4.92. The molecular formula is C18H23F. The number of hydrogen-bond donors (Lipinski definition) is 0. The molecule has 0 aliphatic heterocycles. The van der Waals surface area contributed by atoms with Crippen LogP contribution in [0.2, 0.25) is 0 Å². The zero-order chi connectivity index (χ0) is 13.2. The Morgan fingerprint density at radius 1 is 1.00 bits per heavy atom. The van der Waals surface area contributed by atoms with Crippen molar-refractivity contribution in [1.29, 1.82) is 0 Å². The SMILES string of the molecule is C=CC1CCC(C2CCc3ccc(F)cc3C2)CC1. The molecule has 3 rings (SSSR count). The van der Waals surface area contributed by atoms with Gasteiger partial charge in [-0.1, -0.05) is 12.1 Å². The Bertz CT molecular complexity index is 455. The summed E-state index contributed by atoms with van der Waals surface area (Å²) in [6.07, 6.45) is 10.9. The van der Waals surface area contributed by atoms with Gasteiger partial charge in [-0.15, -0.1) is 6.58 Å². The van der Waals surface area contributed by atoms with Gasteiger partial charge in [-0.2, -0.15) is 0 Å². The first kappa shape index (κ1) is 12.9. The van der Waals surface area contributed by atoms with Crippen molar-refractivity contribution >= 4 is 0 Å². The van der Waals surface area contributed by atoms with Crippen LogP contribution < -0.4 is 0 Å². The third-order valence-corrected chi connectivity index (χ3v) is 5.25. The molecule has 0 bridgehead atoms. The van der Waals surface area contributed by atoms with Crippen LogP contribution in [-0.2, 0) is 12.8 Å². The summed E-state index contributed by atoms with van der Waals surface area (Å²) in [6, 6.07) is 5.35. The fourth-order valence-corrected chi connectivity index (χ4v) is 4.01.